The van der Waals surface area contributed by atoms with Crippen molar-refractivity contribution in [3.63, 3.8) is 0 Å². The summed E-state index contributed by atoms with van der Waals surface area (Å²) in [5, 5.41) is 11.7. The van der Waals surface area contributed by atoms with E-state index in [2.05, 4.69) is 25.1 Å². The fourth-order valence-electron chi connectivity index (χ4n) is 2.88. The topological polar surface area (TPSA) is 81.6 Å². The van der Waals surface area contributed by atoms with Crippen LogP contribution >= 0.6 is 0 Å². The van der Waals surface area contributed by atoms with Crippen molar-refractivity contribution in [3.8, 4) is 0 Å². The minimum atomic E-state index is -0.228. The molecule has 0 aromatic carbocycles. The van der Waals surface area contributed by atoms with Crippen LogP contribution < -0.4 is 5.32 Å². The molecule has 2 heterocycles. The lowest BCUT2D eigenvalue weighted by Gasteiger charge is -2.34. The van der Waals surface area contributed by atoms with Gasteiger partial charge < -0.3 is 10.0 Å². The third-order valence-corrected chi connectivity index (χ3v) is 4.51. The number of amides is 1. The summed E-state index contributed by atoms with van der Waals surface area (Å²) in [4.78, 5) is 24.7. The van der Waals surface area contributed by atoms with Crippen LogP contribution in [0.25, 0.3) is 0 Å². The number of hydrogen-bond acceptors (Lipinski definition) is 6. The fraction of sp³-hybridized carbons (Fsp3) is 0.688. The van der Waals surface area contributed by atoms with Crippen molar-refractivity contribution in [3.05, 3.63) is 18.5 Å². The molecule has 1 amide bonds. The van der Waals surface area contributed by atoms with Gasteiger partial charge in [-0.05, 0) is 51.9 Å². The molecule has 128 valence electrons. The summed E-state index contributed by atoms with van der Waals surface area (Å²) in [7, 11) is 1.98. The van der Waals surface area contributed by atoms with Crippen molar-refractivity contribution in [2.24, 2.45) is 5.92 Å². The number of likely N-dealkylation sites (tertiary alicyclic amines) is 1. The Kier molecular flexibility index (Phi) is 6.88. The molecule has 1 atom stereocenters. The number of carbonyl (C=O) groups is 1. The molecule has 1 aromatic heterocycles. The molecule has 1 fully saturated rings. The molecule has 0 saturated carbocycles. The number of aliphatic hydroxyl groups excluding tert-OH is 1. The van der Waals surface area contributed by atoms with Crippen molar-refractivity contribution < 1.29 is 9.90 Å². The molecular weight excluding hydrogens is 294 g/mol. The Hall–Kier alpha value is -1.57. The first kappa shape index (κ1) is 17.8. The zero-order valence-corrected chi connectivity index (χ0v) is 14.0. The number of likely N-dealkylation sites (N-methyl/N-ethyl adjacent to an activating group) is 1. The minimum Gasteiger partial charge on any atom is -0.395 e. The predicted octanol–water partition coefficient (Wildman–Crippen LogP) is 0.440. The van der Waals surface area contributed by atoms with Crippen LogP contribution in [0.5, 0.6) is 0 Å². The summed E-state index contributed by atoms with van der Waals surface area (Å²) in [5.74, 6) is 0.852. The molecule has 7 heteroatoms. The van der Waals surface area contributed by atoms with Gasteiger partial charge >= 0.3 is 0 Å². The highest BCUT2D eigenvalue weighted by Crippen LogP contribution is 2.18. The SMILES string of the molecule is CC(C(=O)Nc1ncccn1)N(C)CC1CCN(CCO)CC1. The van der Waals surface area contributed by atoms with Crippen LogP contribution in [0.1, 0.15) is 19.8 Å². The summed E-state index contributed by atoms with van der Waals surface area (Å²) in [6, 6.07) is 1.49. The fourth-order valence-corrected chi connectivity index (χ4v) is 2.88. The second-order valence-electron chi connectivity index (χ2n) is 6.19. The number of carbonyl (C=O) groups excluding carboxylic acids is 1. The Balaban J connectivity index is 1.76. The standard InChI is InChI=1S/C16H27N5O2/c1-13(15(23)19-16-17-6-3-7-18-16)20(2)12-14-4-8-21(9-5-14)10-11-22/h3,6-7,13-14,22H,4-5,8-12H2,1-2H3,(H,17,18,19,23). The number of nitrogens with zero attached hydrogens (tertiary/aromatic N) is 4. The molecule has 7 nitrogen and oxygen atoms in total. The van der Waals surface area contributed by atoms with Crippen LogP contribution in [0.15, 0.2) is 18.5 Å². The summed E-state index contributed by atoms with van der Waals surface area (Å²) >= 11 is 0. The highest BCUT2D eigenvalue weighted by atomic mass is 16.3. The van der Waals surface area contributed by atoms with Gasteiger partial charge in [0.25, 0.3) is 0 Å². The van der Waals surface area contributed by atoms with Gasteiger partial charge in [0.05, 0.1) is 12.6 Å². The number of nitrogens with one attached hydrogen (secondary N) is 1. The maximum atomic E-state index is 12.3. The normalized spacial score (nSPS) is 18.1. The predicted molar refractivity (Wildman–Crippen MR) is 89.0 cm³/mol. The molecule has 2 rings (SSSR count). The molecular formula is C16H27N5O2. The van der Waals surface area contributed by atoms with Crippen molar-refractivity contribution in [1.29, 1.82) is 0 Å². The molecule has 1 aliphatic rings. The van der Waals surface area contributed by atoms with Crippen LogP contribution in [-0.2, 0) is 4.79 Å². The third-order valence-electron chi connectivity index (χ3n) is 4.51. The Morgan fingerprint density at radius 1 is 1.43 bits per heavy atom. The van der Waals surface area contributed by atoms with Gasteiger partial charge in [-0.1, -0.05) is 0 Å². The number of rotatable bonds is 7. The van der Waals surface area contributed by atoms with Gasteiger partial charge in [0.15, 0.2) is 0 Å². The summed E-state index contributed by atoms with van der Waals surface area (Å²) in [5.41, 5.74) is 0. The Labute approximate surface area is 137 Å². The number of anilines is 1. The minimum absolute atomic E-state index is 0.0867. The second kappa shape index (κ2) is 8.90. The van der Waals surface area contributed by atoms with Gasteiger partial charge in [-0.3, -0.25) is 15.0 Å². The van der Waals surface area contributed by atoms with E-state index >= 15 is 0 Å². The summed E-state index contributed by atoms with van der Waals surface area (Å²) in [6.45, 7) is 5.84. The van der Waals surface area contributed by atoms with Crippen LogP contribution in [0.3, 0.4) is 0 Å². The van der Waals surface area contributed by atoms with E-state index in [4.69, 9.17) is 5.11 Å². The Morgan fingerprint density at radius 3 is 2.70 bits per heavy atom. The number of aromatic nitrogens is 2. The van der Waals surface area contributed by atoms with Gasteiger partial charge in [0, 0.05) is 25.5 Å². The van der Waals surface area contributed by atoms with Crippen LogP contribution in [0.2, 0.25) is 0 Å². The molecule has 0 radical (unpaired) electrons. The van der Waals surface area contributed by atoms with E-state index < -0.39 is 0 Å². The number of hydrogen-bond donors (Lipinski definition) is 2. The van der Waals surface area contributed by atoms with Crippen LogP contribution in [0, 0.1) is 5.92 Å². The first-order valence-electron chi connectivity index (χ1n) is 8.21. The number of aliphatic hydroxyl groups is 1. The molecule has 23 heavy (non-hydrogen) atoms. The van der Waals surface area contributed by atoms with Crippen LogP contribution in [-0.4, -0.2) is 76.7 Å². The molecule has 0 spiro atoms. The van der Waals surface area contributed by atoms with Crippen molar-refractivity contribution >= 4 is 11.9 Å². The molecule has 2 N–H and O–H groups in total. The zero-order chi connectivity index (χ0) is 16.7. The Morgan fingerprint density at radius 2 is 2.09 bits per heavy atom. The second-order valence-corrected chi connectivity index (χ2v) is 6.19. The third kappa shape index (κ3) is 5.53. The van der Waals surface area contributed by atoms with Gasteiger partial charge in [-0.25, -0.2) is 9.97 Å². The van der Waals surface area contributed by atoms with E-state index in [0.29, 0.717) is 11.9 Å². The first-order valence-corrected chi connectivity index (χ1v) is 8.21. The van der Waals surface area contributed by atoms with Gasteiger partial charge in [-0.2, -0.15) is 0 Å². The van der Waals surface area contributed by atoms with Gasteiger partial charge in [-0.15, -0.1) is 0 Å². The van der Waals surface area contributed by atoms with E-state index in [1.54, 1.807) is 18.5 Å². The van der Waals surface area contributed by atoms with Crippen molar-refractivity contribution in [2.75, 3.05) is 45.2 Å². The van der Waals surface area contributed by atoms with E-state index in [1.807, 2.05) is 14.0 Å². The van der Waals surface area contributed by atoms with Crippen molar-refractivity contribution in [2.45, 2.75) is 25.8 Å². The first-order chi connectivity index (χ1) is 11.1. The average molecular weight is 321 g/mol. The smallest absolute Gasteiger partial charge is 0.243 e. The van der Waals surface area contributed by atoms with E-state index in [9.17, 15) is 4.79 Å². The summed E-state index contributed by atoms with van der Waals surface area (Å²) < 4.78 is 0. The molecule has 1 unspecified atom stereocenters. The Bertz CT molecular complexity index is 477. The summed E-state index contributed by atoms with van der Waals surface area (Å²) in [6.07, 6.45) is 5.44. The number of piperidine rings is 1. The number of β-amino-alcohol motifs (C(OH)–C–C–N with tert-alkyl or cyclic N) is 1. The van der Waals surface area contributed by atoms with E-state index in [1.165, 1.54) is 0 Å². The van der Waals surface area contributed by atoms with E-state index in [0.717, 1.165) is 39.0 Å². The molecule has 1 saturated heterocycles. The largest absolute Gasteiger partial charge is 0.395 e. The maximum Gasteiger partial charge on any atom is 0.243 e. The maximum absolute atomic E-state index is 12.3. The lowest BCUT2D eigenvalue weighted by Crippen LogP contribution is -2.44. The quantitative estimate of drug-likeness (QED) is 0.758. The highest BCUT2D eigenvalue weighted by Gasteiger charge is 2.24. The molecule has 0 aliphatic carbocycles. The molecule has 0 bridgehead atoms. The van der Waals surface area contributed by atoms with Gasteiger partial charge in [0.2, 0.25) is 11.9 Å². The van der Waals surface area contributed by atoms with Crippen LogP contribution in [0.4, 0.5) is 5.95 Å². The van der Waals surface area contributed by atoms with Gasteiger partial charge in [0.1, 0.15) is 0 Å². The van der Waals surface area contributed by atoms with E-state index in [-0.39, 0.29) is 18.6 Å². The zero-order valence-electron chi connectivity index (χ0n) is 14.0. The van der Waals surface area contributed by atoms with Crippen molar-refractivity contribution in [1.82, 2.24) is 19.8 Å². The molecule has 1 aromatic rings. The lowest BCUT2D eigenvalue weighted by atomic mass is 9.96. The average Bonchev–Trinajstić information content (AvgIpc) is 2.57. The highest BCUT2D eigenvalue weighted by molar-refractivity contribution is 5.92. The molecule has 1 aliphatic heterocycles. The lowest BCUT2D eigenvalue weighted by molar-refractivity contribution is -0.120. The monoisotopic (exact) mass is 321 g/mol.